The molecule has 0 radical (unpaired) electrons. The summed E-state index contributed by atoms with van der Waals surface area (Å²) in [5.74, 6) is 0.780. The molecule has 0 unspecified atom stereocenters. The molecule has 0 amide bonds. The molecule has 0 bridgehead atoms. The van der Waals surface area contributed by atoms with Crippen LogP contribution in [0.25, 0.3) is 0 Å². The van der Waals surface area contributed by atoms with E-state index in [2.05, 4.69) is 26.0 Å². The van der Waals surface area contributed by atoms with E-state index in [1.807, 2.05) is 12.1 Å². The first-order chi connectivity index (χ1) is 7.70. The third kappa shape index (κ3) is 2.27. The van der Waals surface area contributed by atoms with Crippen LogP contribution in [0.1, 0.15) is 31.9 Å². The first kappa shape index (κ1) is 11.2. The summed E-state index contributed by atoms with van der Waals surface area (Å²) in [6, 6.07) is 7.22. The highest BCUT2D eigenvalue weighted by atomic mass is 16.5. The minimum Gasteiger partial charge on any atom is -0.508 e. The van der Waals surface area contributed by atoms with Gasteiger partial charge in [0.25, 0.3) is 0 Å². The van der Waals surface area contributed by atoms with Crippen molar-refractivity contribution in [3.05, 3.63) is 42.0 Å². The van der Waals surface area contributed by atoms with E-state index >= 15 is 0 Å². The molecule has 2 rings (SSSR count). The zero-order valence-electron chi connectivity index (χ0n) is 9.76. The predicted molar refractivity (Wildman–Crippen MR) is 64.3 cm³/mol. The highest BCUT2D eigenvalue weighted by molar-refractivity contribution is 5.29. The zero-order valence-corrected chi connectivity index (χ0v) is 9.76. The quantitative estimate of drug-likeness (QED) is 0.770. The lowest BCUT2D eigenvalue weighted by atomic mass is 9.96. The van der Waals surface area contributed by atoms with Gasteiger partial charge in [0.05, 0.1) is 6.10 Å². The van der Waals surface area contributed by atoms with Crippen molar-refractivity contribution in [3.63, 3.8) is 0 Å². The van der Waals surface area contributed by atoms with Crippen molar-refractivity contribution in [1.29, 1.82) is 0 Å². The van der Waals surface area contributed by atoms with E-state index < -0.39 is 0 Å². The molecule has 1 heterocycles. The van der Waals surface area contributed by atoms with Gasteiger partial charge in [-0.3, -0.25) is 0 Å². The summed E-state index contributed by atoms with van der Waals surface area (Å²) in [5, 5.41) is 9.24. The van der Waals surface area contributed by atoms with Gasteiger partial charge in [-0.2, -0.15) is 0 Å². The van der Waals surface area contributed by atoms with Crippen molar-refractivity contribution >= 4 is 0 Å². The van der Waals surface area contributed by atoms with Crippen LogP contribution >= 0.6 is 0 Å². The Kier molecular flexibility index (Phi) is 3.30. The normalized spacial score (nSPS) is 29.2. The van der Waals surface area contributed by atoms with E-state index in [4.69, 9.17) is 4.74 Å². The number of rotatable bonds is 2. The van der Waals surface area contributed by atoms with Gasteiger partial charge in [-0.25, -0.2) is 0 Å². The number of phenols is 1. The van der Waals surface area contributed by atoms with Crippen molar-refractivity contribution in [2.75, 3.05) is 0 Å². The molecule has 0 aromatic heterocycles. The maximum atomic E-state index is 9.24. The predicted octanol–water partition coefficient (Wildman–Crippen LogP) is 3.43. The monoisotopic (exact) mass is 218 g/mol. The number of hydrogen-bond acceptors (Lipinski definition) is 2. The fraction of sp³-hybridized carbons (Fsp3) is 0.429. The third-order valence-corrected chi connectivity index (χ3v) is 3.12. The van der Waals surface area contributed by atoms with Crippen LogP contribution in [-0.4, -0.2) is 11.2 Å². The van der Waals surface area contributed by atoms with Crippen molar-refractivity contribution in [3.8, 4) is 5.75 Å². The molecule has 0 spiro atoms. The molecule has 1 N–H and O–H groups in total. The van der Waals surface area contributed by atoms with Crippen LogP contribution < -0.4 is 0 Å². The first-order valence-electron chi connectivity index (χ1n) is 5.83. The topological polar surface area (TPSA) is 29.5 Å². The van der Waals surface area contributed by atoms with Crippen LogP contribution in [0.3, 0.4) is 0 Å². The maximum Gasteiger partial charge on any atom is 0.115 e. The van der Waals surface area contributed by atoms with Gasteiger partial charge in [-0.15, -0.1) is 0 Å². The van der Waals surface area contributed by atoms with Crippen LogP contribution in [-0.2, 0) is 4.74 Å². The Morgan fingerprint density at radius 3 is 2.50 bits per heavy atom. The Morgan fingerprint density at radius 1 is 1.19 bits per heavy atom. The molecule has 86 valence electrons. The summed E-state index contributed by atoms with van der Waals surface area (Å²) < 4.78 is 6.01. The Balaban J connectivity index is 2.17. The van der Waals surface area contributed by atoms with E-state index in [-0.39, 0.29) is 6.10 Å². The summed E-state index contributed by atoms with van der Waals surface area (Å²) in [6.07, 6.45) is 5.67. The fourth-order valence-corrected chi connectivity index (χ4v) is 2.08. The summed E-state index contributed by atoms with van der Waals surface area (Å²) in [4.78, 5) is 0. The SMILES string of the molecule is CC[C@H]1O[C@H](c2ccc(O)cc2)C=C[C@@H]1C. The van der Waals surface area contributed by atoms with Gasteiger partial charge in [0.15, 0.2) is 0 Å². The molecule has 0 saturated heterocycles. The average molecular weight is 218 g/mol. The van der Waals surface area contributed by atoms with Crippen LogP contribution in [0.15, 0.2) is 36.4 Å². The molecule has 1 aliphatic heterocycles. The second-order valence-electron chi connectivity index (χ2n) is 4.34. The van der Waals surface area contributed by atoms with Crippen LogP contribution in [0, 0.1) is 5.92 Å². The average Bonchev–Trinajstić information content (AvgIpc) is 2.31. The molecule has 0 aliphatic carbocycles. The molecule has 2 heteroatoms. The summed E-state index contributed by atoms with van der Waals surface area (Å²) in [5.41, 5.74) is 1.10. The van der Waals surface area contributed by atoms with E-state index in [0.717, 1.165) is 12.0 Å². The van der Waals surface area contributed by atoms with Crippen LogP contribution in [0.4, 0.5) is 0 Å². The Labute approximate surface area is 96.6 Å². The molecule has 16 heavy (non-hydrogen) atoms. The Bertz CT molecular complexity index is 367. The van der Waals surface area contributed by atoms with E-state index in [1.54, 1.807) is 12.1 Å². The van der Waals surface area contributed by atoms with Gasteiger partial charge in [0.2, 0.25) is 0 Å². The number of aromatic hydroxyl groups is 1. The number of benzene rings is 1. The Morgan fingerprint density at radius 2 is 1.88 bits per heavy atom. The zero-order chi connectivity index (χ0) is 11.5. The van der Waals surface area contributed by atoms with Crippen molar-refractivity contribution in [1.82, 2.24) is 0 Å². The number of ether oxygens (including phenoxy) is 1. The minimum absolute atomic E-state index is 0.0294. The van der Waals surface area contributed by atoms with Crippen molar-refractivity contribution in [2.45, 2.75) is 32.5 Å². The Hall–Kier alpha value is -1.28. The molecule has 0 saturated carbocycles. The maximum absolute atomic E-state index is 9.24. The molecule has 0 fully saturated rings. The third-order valence-electron chi connectivity index (χ3n) is 3.12. The van der Waals surface area contributed by atoms with Gasteiger partial charge >= 0.3 is 0 Å². The molecule has 1 aliphatic rings. The van der Waals surface area contributed by atoms with Gasteiger partial charge < -0.3 is 9.84 Å². The number of phenolic OH excluding ortho intramolecular Hbond substituents is 1. The van der Waals surface area contributed by atoms with Crippen molar-refractivity contribution < 1.29 is 9.84 Å². The largest absolute Gasteiger partial charge is 0.508 e. The summed E-state index contributed by atoms with van der Waals surface area (Å²) >= 11 is 0. The van der Waals surface area contributed by atoms with E-state index in [9.17, 15) is 5.11 Å². The van der Waals surface area contributed by atoms with Gasteiger partial charge in [-0.05, 0) is 24.1 Å². The molecule has 3 atom stereocenters. The van der Waals surface area contributed by atoms with E-state index in [0.29, 0.717) is 17.8 Å². The lowest BCUT2D eigenvalue weighted by Crippen LogP contribution is -2.25. The highest BCUT2D eigenvalue weighted by Crippen LogP contribution is 2.30. The van der Waals surface area contributed by atoms with Crippen molar-refractivity contribution in [2.24, 2.45) is 5.92 Å². The highest BCUT2D eigenvalue weighted by Gasteiger charge is 2.23. The summed E-state index contributed by atoms with van der Waals surface area (Å²) in [6.45, 7) is 4.33. The lowest BCUT2D eigenvalue weighted by Gasteiger charge is -2.30. The minimum atomic E-state index is 0.0294. The number of hydrogen-bond donors (Lipinski definition) is 1. The summed E-state index contributed by atoms with van der Waals surface area (Å²) in [7, 11) is 0. The van der Waals surface area contributed by atoms with E-state index in [1.165, 1.54) is 0 Å². The van der Waals surface area contributed by atoms with Gasteiger partial charge in [-0.1, -0.05) is 38.1 Å². The second kappa shape index (κ2) is 4.71. The lowest BCUT2D eigenvalue weighted by molar-refractivity contribution is -0.0206. The molecule has 1 aromatic rings. The smallest absolute Gasteiger partial charge is 0.115 e. The molecular formula is C14H18O2. The van der Waals surface area contributed by atoms with Crippen LogP contribution in [0.2, 0.25) is 0 Å². The second-order valence-corrected chi connectivity index (χ2v) is 4.34. The fourth-order valence-electron chi connectivity index (χ4n) is 2.08. The molecular weight excluding hydrogens is 200 g/mol. The first-order valence-corrected chi connectivity index (χ1v) is 5.83. The molecule has 2 nitrogen and oxygen atoms in total. The standard InChI is InChI=1S/C14H18O2/c1-3-13-10(2)4-9-14(16-13)11-5-7-12(15)8-6-11/h4-10,13-15H,3H2,1-2H3/t10-,13+,14-/m0/s1. The van der Waals surface area contributed by atoms with Gasteiger partial charge in [0, 0.05) is 5.92 Å². The van der Waals surface area contributed by atoms with Gasteiger partial charge in [0.1, 0.15) is 11.9 Å². The molecule has 1 aromatic carbocycles. The van der Waals surface area contributed by atoms with Crippen LogP contribution in [0.5, 0.6) is 5.75 Å².